The molecule has 0 saturated heterocycles. The average molecular weight is 298 g/mol. The van der Waals surface area contributed by atoms with Crippen LogP contribution in [0, 0.1) is 23.7 Å². The van der Waals surface area contributed by atoms with Crippen LogP contribution in [0.4, 0.5) is 0 Å². The second-order valence-corrected chi connectivity index (χ2v) is 5.03. The maximum Gasteiger partial charge on any atom is 0.136 e. The van der Waals surface area contributed by atoms with Gasteiger partial charge in [-0.1, -0.05) is 50.4 Å². The largest absolute Gasteiger partial charge is 0.495 e. The van der Waals surface area contributed by atoms with E-state index in [9.17, 15) is 0 Å². The second-order valence-electron chi connectivity index (χ2n) is 5.03. The summed E-state index contributed by atoms with van der Waals surface area (Å²) < 4.78 is 10.9. The summed E-state index contributed by atoms with van der Waals surface area (Å²) in [5.41, 5.74) is 1.67. The van der Waals surface area contributed by atoms with Crippen LogP contribution in [0.1, 0.15) is 63.5 Å². The Morgan fingerprint density at radius 1 is 0.773 bits per heavy atom. The fourth-order valence-corrected chi connectivity index (χ4v) is 1.98. The van der Waals surface area contributed by atoms with Gasteiger partial charge in [0.2, 0.25) is 0 Å². The highest BCUT2D eigenvalue weighted by Crippen LogP contribution is 2.29. The fourth-order valence-electron chi connectivity index (χ4n) is 1.98. The Morgan fingerprint density at radius 3 is 1.50 bits per heavy atom. The normalized spacial score (nSPS) is 9.27. The molecule has 1 rings (SSSR count). The lowest BCUT2D eigenvalue weighted by molar-refractivity contribution is 0.401. The molecule has 0 radical (unpaired) electrons. The van der Waals surface area contributed by atoms with Crippen molar-refractivity contribution in [1.82, 2.24) is 0 Å². The summed E-state index contributed by atoms with van der Waals surface area (Å²) in [6.07, 6.45) is 6.29. The van der Waals surface area contributed by atoms with Crippen molar-refractivity contribution in [1.29, 1.82) is 0 Å². The molecule has 1 aromatic rings. The van der Waals surface area contributed by atoms with E-state index in [-0.39, 0.29) is 0 Å². The van der Waals surface area contributed by atoms with Crippen LogP contribution in [0.15, 0.2) is 12.1 Å². The van der Waals surface area contributed by atoms with Crippen LogP contribution < -0.4 is 9.47 Å². The Bertz CT molecular complexity index is 526. The fraction of sp³-hybridized carbons (Fsp3) is 0.500. The molecule has 1 aromatic carbocycles. The standard InChI is InChI=1S/C20H26O2/c1-5-7-9-11-13-17-18(14-12-10-8-6-2)20(22-4)16-15-19(17)21-3/h15-16H,5-10H2,1-4H3. The van der Waals surface area contributed by atoms with Crippen LogP contribution in [0.2, 0.25) is 0 Å². The van der Waals surface area contributed by atoms with E-state index < -0.39 is 0 Å². The highest BCUT2D eigenvalue weighted by Gasteiger charge is 2.11. The molecule has 0 aliphatic carbocycles. The molecule has 0 heterocycles. The number of methoxy groups -OCH3 is 2. The third kappa shape index (κ3) is 5.38. The molecule has 0 saturated carbocycles. The minimum Gasteiger partial charge on any atom is -0.495 e. The number of benzene rings is 1. The molecule has 0 unspecified atom stereocenters. The van der Waals surface area contributed by atoms with Crippen molar-refractivity contribution in [3.63, 3.8) is 0 Å². The number of rotatable bonds is 6. The molecule has 2 heteroatoms. The molecule has 0 spiro atoms. The number of ether oxygens (including phenoxy) is 2. The third-order valence-corrected chi connectivity index (χ3v) is 3.31. The predicted molar refractivity (Wildman–Crippen MR) is 92.4 cm³/mol. The van der Waals surface area contributed by atoms with Crippen molar-refractivity contribution in [2.45, 2.75) is 52.4 Å². The van der Waals surface area contributed by atoms with Gasteiger partial charge in [-0.05, 0) is 25.0 Å². The monoisotopic (exact) mass is 298 g/mol. The molecule has 0 bridgehead atoms. The molecule has 0 amide bonds. The average Bonchev–Trinajstić information content (AvgIpc) is 2.55. The van der Waals surface area contributed by atoms with Gasteiger partial charge < -0.3 is 9.47 Å². The molecule has 2 nitrogen and oxygen atoms in total. The van der Waals surface area contributed by atoms with Gasteiger partial charge in [-0.25, -0.2) is 0 Å². The first kappa shape index (κ1) is 18.0. The lowest BCUT2D eigenvalue weighted by atomic mass is 10.0. The predicted octanol–water partition coefficient (Wildman–Crippen LogP) is 4.79. The van der Waals surface area contributed by atoms with Crippen LogP contribution in [0.5, 0.6) is 11.5 Å². The molecule has 0 aromatic heterocycles. The maximum atomic E-state index is 5.44. The number of hydrogen-bond acceptors (Lipinski definition) is 2. The van der Waals surface area contributed by atoms with Gasteiger partial charge in [0.05, 0.1) is 25.3 Å². The highest BCUT2D eigenvalue weighted by molar-refractivity contribution is 5.63. The lowest BCUT2D eigenvalue weighted by Gasteiger charge is -2.10. The van der Waals surface area contributed by atoms with E-state index >= 15 is 0 Å². The van der Waals surface area contributed by atoms with Crippen LogP contribution in [-0.4, -0.2) is 14.2 Å². The summed E-state index contributed by atoms with van der Waals surface area (Å²) in [6.45, 7) is 4.33. The molecule has 0 N–H and O–H groups in total. The van der Waals surface area contributed by atoms with Gasteiger partial charge >= 0.3 is 0 Å². The quantitative estimate of drug-likeness (QED) is 0.555. The molecular formula is C20H26O2. The van der Waals surface area contributed by atoms with Crippen molar-refractivity contribution in [3.05, 3.63) is 23.3 Å². The van der Waals surface area contributed by atoms with E-state index in [1.807, 2.05) is 12.1 Å². The first-order chi connectivity index (χ1) is 10.8. The van der Waals surface area contributed by atoms with E-state index in [2.05, 4.69) is 37.5 Å². The molecule has 0 aliphatic rings. The summed E-state index contributed by atoms with van der Waals surface area (Å²) in [5, 5.41) is 0. The summed E-state index contributed by atoms with van der Waals surface area (Å²) in [4.78, 5) is 0. The lowest BCUT2D eigenvalue weighted by Crippen LogP contribution is -1.96. The van der Waals surface area contributed by atoms with Gasteiger partial charge in [0.25, 0.3) is 0 Å². The molecule has 118 valence electrons. The van der Waals surface area contributed by atoms with Gasteiger partial charge in [-0.15, -0.1) is 0 Å². The van der Waals surface area contributed by atoms with Crippen LogP contribution in [0.25, 0.3) is 0 Å². The maximum absolute atomic E-state index is 5.44. The first-order valence-corrected chi connectivity index (χ1v) is 8.01. The zero-order chi connectivity index (χ0) is 16.2. The van der Waals surface area contributed by atoms with Crippen LogP contribution in [-0.2, 0) is 0 Å². The Morgan fingerprint density at radius 2 is 1.18 bits per heavy atom. The van der Waals surface area contributed by atoms with Crippen LogP contribution in [0.3, 0.4) is 0 Å². The van der Waals surface area contributed by atoms with E-state index in [1.54, 1.807) is 14.2 Å². The van der Waals surface area contributed by atoms with Gasteiger partial charge in [-0.3, -0.25) is 0 Å². The van der Waals surface area contributed by atoms with Crippen molar-refractivity contribution in [2.24, 2.45) is 0 Å². The number of unbranched alkanes of at least 4 members (excludes halogenated alkanes) is 4. The van der Waals surface area contributed by atoms with E-state index in [0.717, 1.165) is 61.2 Å². The van der Waals surface area contributed by atoms with Crippen LogP contribution >= 0.6 is 0 Å². The van der Waals surface area contributed by atoms with Gasteiger partial charge in [0, 0.05) is 12.8 Å². The van der Waals surface area contributed by atoms with Gasteiger partial charge in [-0.2, -0.15) is 0 Å². The molecule has 22 heavy (non-hydrogen) atoms. The third-order valence-electron chi connectivity index (χ3n) is 3.31. The summed E-state index contributed by atoms with van der Waals surface area (Å²) in [6, 6.07) is 3.78. The SMILES string of the molecule is CCCCC#Cc1c(OC)ccc(OC)c1C#CCCCC. The van der Waals surface area contributed by atoms with Crippen molar-refractivity contribution in [3.8, 4) is 35.2 Å². The summed E-state index contributed by atoms with van der Waals surface area (Å²) >= 11 is 0. The highest BCUT2D eigenvalue weighted by atomic mass is 16.5. The molecule has 0 fully saturated rings. The zero-order valence-electron chi connectivity index (χ0n) is 14.2. The Hall–Kier alpha value is -2.06. The topological polar surface area (TPSA) is 18.5 Å². The minimum atomic E-state index is 0.754. The molecular weight excluding hydrogens is 272 g/mol. The number of hydrogen-bond donors (Lipinski definition) is 0. The van der Waals surface area contributed by atoms with E-state index in [1.165, 1.54) is 0 Å². The van der Waals surface area contributed by atoms with E-state index in [4.69, 9.17) is 9.47 Å². The zero-order valence-corrected chi connectivity index (χ0v) is 14.2. The Balaban J connectivity index is 3.20. The summed E-state index contributed by atoms with van der Waals surface area (Å²) in [5.74, 6) is 14.4. The molecule has 0 atom stereocenters. The smallest absolute Gasteiger partial charge is 0.136 e. The minimum absolute atomic E-state index is 0.754. The van der Waals surface area contributed by atoms with Gasteiger partial charge in [0.1, 0.15) is 11.5 Å². The van der Waals surface area contributed by atoms with Crippen molar-refractivity contribution < 1.29 is 9.47 Å². The van der Waals surface area contributed by atoms with Crippen molar-refractivity contribution in [2.75, 3.05) is 14.2 Å². The van der Waals surface area contributed by atoms with E-state index in [0.29, 0.717) is 0 Å². The first-order valence-electron chi connectivity index (χ1n) is 8.01. The van der Waals surface area contributed by atoms with Gasteiger partial charge in [0.15, 0.2) is 0 Å². The second kappa shape index (κ2) is 10.6. The Labute approximate surface area is 135 Å². The van der Waals surface area contributed by atoms with Crippen molar-refractivity contribution >= 4 is 0 Å². The molecule has 0 aliphatic heterocycles. The summed E-state index contributed by atoms with van der Waals surface area (Å²) in [7, 11) is 3.32. The Kier molecular flexibility index (Phi) is 8.70.